The Labute approximate surface area is 185 Å². The van der Waals surface area contributed by atoms with Gasteiger partial charge >= 0.3 is 0 Å². The molecular weight excluding hydrogens is 421 g/mol. The topological polar surface area (TPSA) is 38.8 Å². The zero-order valence-electron chi connectivity index (χ0n) is 16.9. The van der Waals surface area contributed by atoms with Crippen molar-refractivity contribution in [2.24, 2.45) is 0 Å². The van der Waals surface area contributed by atoms with Crippen molar-refractivity contribution in [2.45, 2.75) is 19.4 Å². The Bertz CT molecular complexity index is 1110. The van der Waals surface area contributed by atoms with Gasteiger partial charge in [-0.3, -0.25) is 4.79 Å². The Morgan fingerprint density at radius 1 is 0.933 bits per heavy atom. The van der Waals surface area contributed by atoms with E-state index in [1.807, 2.05) is 55.5 Å². The lowest BCUT2D eigenvalue weighted by Crippen LogP contribution is -2.41. The fraction of sp³-hybridized carbons (Fsp3) is 0.208. The summed E-state index contributed by atoms with van der Waals surface area (Å²) in [4.78, 5) is 15.1. The van der Waals surface area contributed by atoms with Crippen LogP contribution in [0, 0.1) is 6.92 Å². The quantitative estimate of drug-likeness (QED) is 0.498. The second-order valence-electron chi connectivity index (χ2n) is 7.23. The van der Waals surface area contributed by atoms with E-state index in [9.17, 15) is 4.79 Å². The molecule has 3 aromatic rings. The first-order valence-electron chi connectivity index (χ1n) is 9.52. The van der Waals surface area contributed by atoms with Crippen molar-refractivity contribution in [1.82, 2.24) is 0 Å². The normalized spacial score (nSPS) is 15.7. The van der Waals surface area contributed by atoms with Crippen LogP contribution in [0.3, 0.4) is 0 Å². The molecule has 0 bridgehead atoms. The first-order chi connectivity index (χ1) is 14.4. The van der Waals surface area contributed by atoms with E-state index in [4.69, 9.17) is 32.7 Å². The van der Waals surface area contributed by atoms with Gasteiger partial charge in [0.05, 0.1) is 36.7 Å². The Balaban J connectivity index is 1.99. The average molecular weight is 442 g/mol. The highest BCUT2D eigenvalue weighted by atomic mass is 35.5. The summed E-state index contributed by atoms with van der Waals surface area (Å²) in [5.74, 6) is 1.15. The summed E-state index contributed by atoms with van der Waals surface area (Å²) in [5, 5.41) is 0.870. The number of hydrogen-bond donors (Lipinski definition) is 0. The van der Waals surface area contributed by atoms with Crippen LogP contribution in [0.15, 0.2) is 54.6 Å². The molecule has 0 N–H and O–H groups in total. The van der Waals surface area contributed by atoms with Crippen LogP contribution in [-0.2, 0) is 11.2 Å². The van der Waals surface area contributed by atoms with Gasteiger partial charge in [-0.1, -0.05) is 53.0 Å². The van der Waals surface area contributed by atoms with Crippen molar-refractivity contribution < 1.29 is 14.3 Å². The molecule has 4 nitrogen and oxygen atoms in total. The molecule has 30 heavy (non-hydrogen) atoms. The van der Waals surface area contributed by atoms with E-state index in [0.29, 0.717) is 21.5 Å². The number of amides is 1. The summed E-state index contributed by atoms with van der Waals surface area (Å²) in [6.45, 7) is 2.01. The molecule has 0 spiro atoms. The minimum Gasteiger partial charge on any atom is -0.493 e. The standard InChI is InChI=1S/C24H21Cl2NO3/c1-14-7-9-16(10-8-14)27-22(28)12-15-11-20(29-2)21(30-3)13-18(15)24(27)17-5-4-6-19(25)23(17)26/h4-11,13,24H,12H2,1-3H3. The maximum absolute atomic E-state index is 13.4. The minimum absolute atomic E-state index is 0.0281. The van der Waals surface area contributed by atoms with Crippen LogP contribution in [0.1, 0.15) is 28.3 Å². The number of nitrogens with zero attached hydrogens (tertiary/aromatic N) is 1. The molecule has 0 aromatic heterocycles. The van der Waals surface area contributed by atoms with Gasteiger partial charge in [-0.15, -0.1) is 0 Å². The fourth-order valence-corrected chi connectivity index (χ4v) is 4.32. The van der Waals surface area contributed by atoms with Crippen LogP contribution in [0.5, 0.6) is 11.5 Å². The highest BCUT2D eigenvalue weighted by molar-refractivity contribution is 6.42. The third-order valence-electron chi connectivity index (χ3n) is 5.40. The number of benzene rings is 3. The molecule has 0 radical (unpaired) electrons. The largest absolute Gasteiger partial charge is 0.493 e. The third kappa shape index (κ3) is 3.51. The zero-order chi connectivity index (χ0) is 21.4. The summed E-state index contributed by atoms with van der Waals surface area (Å²) < 4.78 is 11.0. The molecule has 1 aliphatic rings. The van der Waals surface area contributed by atoms with E-state index >= 15 is 0 Å². The summed E-state index contributed by atoms with van der Waals surface area (Å²) >= 11 is 13.0. The van der Waals surface area contributed by atoms with Gasteiger partial charge in [0.15, 0.2) is 11.5 Å². The first kappa shape index (κ1) is 20.6. The number of ether oxygens (including phenoxy) is 2. The van der Waals surface area contributed by atoms with Crippen molar-refractivity contribution in [3.05, 3.63) is 86.9 Å². The highest BCUT2D eigenvalue weighted by Gasteiger charge is 2.37. The van der Waals surface area contributed by atoms with E-state index in [0.717, 1.165) is 27.9 Å². The lowest BCUT2D eigenvalue weighted by atomic mass is 9.86. The number of rotatable bonds is 4. The fourth-order valence-electron chi connectivity index (χ4n) is 3.91. The van der Waals surface area contributed by atoms with Crippen molar-refractivity contribution in [3.8, 4) is 11.5 Å². The number of aryl methyl sites for hydroxylation is 1. The van der Waals surface area contributed by atoms with Crippen LogP contribution in [0.25, 0.3) is 0 Å². The minimum atomic E-state index is -0.449. The van der Waals surface area contributed by atoms with E-state index in [1.165, 1.54) is 0 Å². The van der Waals surface area contributed by atoms with Crippen molar-refractivity contribution in [2.75, 3.05) is 19.1 Å². The maximum atomic E-state index is 13.4. The Morgan fingerprint density at radius 3 is 2.27 bits per heavy atom. The van der Waals surface area contributed by atoms with E-state index < -0.39 is 6.04 Å². The second-order valence-corrected chi connectivity index (χ2v) is 8.01. The number of halogens is 2. The number of carbonyl (C=O) groups is 1. The van der Waals surface area contributed by atoms with Crippen molar-refractivity contribution in [1.29, 1.82) is 0 Å². The molecule has 0 saturated heterocycles. The number of anilines is 1. The van der Waals surface area contributed by atoms with Crippen LogP contribution < -0.4 is 14.4 Å². The molecule has 0 saturated carbocycles. The van der Waals surface area contributed by atoms with Gasteiger partial charge in [-0.2, -0.15) is 0 Å². The van der Waals surface area contributed by atoms with E-state index in [2.05, 4.69) is 0 Å². The molecular formula is C24H21Cl2NO3. The number of fused-ring (bicyclic) bond motifs is 1. The van der Waals surface area contributed by atoms with E-state index in [1.54, 1.807) is 25.2 Å². The Kier molecular flexibility index (Phi) is 5.63. The zero-order valence-corrected chi connectivity index (χ0v) is 18.4. The highest BCUT2D eigenvalue weighted by Crippen LogP contribution is 2.45. The van der Waals surface area contributed by atoms with Gasteiger partial charge in [0.1, 0.15) is 0 Å². The molecule has 1 heterocycles. The smallest absolute Gasteiger partial charge is 0.232 e. The summed E-state index contributed by atoms with van der Waals surface area (Å²) in [7, 11) is 3.18. The molecule has 154 valence electrons. The summed E-state index contributed by atoms with van der Waals surface area (Å²) in [6, 6.07) is 16.7. The molecule has 0 fully saturated rings. The Hall–Kier alpha value is -2.69. The second kappa shape index (κ2) is 8.21. The maximum Gasteiger partial charge on any atom is 0.232 e. The van der Waals surface area contributed by atoms with Gasteiger partial charge in [-0.05, 0) is 53.9 Å². The first-order valence-corrected chi connectivity index (χ1v) is 10.3. The number of hydrogen-bond acceptors (Lipinski definition) is 3. The molecule has 4 rings (SSSR count). The lowest BCUT2D eigenvalue weighted by molar-refractivity contribution is -0.118. The van der Waals surface area contributed by atoms with Crippen LogP contribution in [0.4, 0.5) is 5.69 Å². The predicted molar refractivity (Wildman–Crippen MR) is 120 cm³/mol. The van der Waals surface area contributed by atoms with Crippen molar-refractivity contribution >= 4 is 34.8 Å². The van der Waals surface area contributed by atoms with E-state index in [-0.39, 0.29) is 12.3 Å². The number of methoxy groups -OCH3 is 2. The van der Waals surface area contributed by atoms with Crippen LogP contribution in [-0.4, -0.2) is 20.1 Å². The average Bonchev–Trinajstić information content (AvgIpc) is 2.75. The molecule has 1 aliphatic heterocycles. The molecule has 1 atom stereocenters. The third-order valence-corrected chi connectivity index (χ3v) is 6.23. The summed E-state index contributed by atoms with van der Waals surface area (Å²) in [5.41, 5.74) is 4.48. The van der Waals surface area contributed by atoms with Gasteiger partial charge in [0.25, 0.3) is 0 Å². The molecule has 0 aliphatic carbocycles. The van der Waals surface area contributed by atoms with Gasteiger partial charge in [-0.25, -0.2) is 0 Å². The molecule has 6 heteroatoms. The molecule has 1 unspecified atom stereocenters. The van der Waals surface area contributed by atoms with Crippen molar-refractivity contribution in [3.63, 3.8) is 0 Å². The lowest BCUT2D eigenvalue weighted by Gasteiger charge is -2.38. The molecule has 3 aromatic carbocycles. The van der Waals surface area contributed by atoms with Gasteiger partial charge < -0.3 is 14.4 Å². The van der Waals surface area contributed by atoms with Crippen LogP contribution in [0.2, 0.25) is 10.0 Å². The monoisotopic (exact) mass is 441 g/mol. The van der Waals surface area contributed by atoms with Gasteiger partial charge in [0, 0.05) is 5.69 Å². The molecule has 1 amide bonds. The Morgan fingerprint density at radius 2 is 1.60 bits per heavy atom. The van der Waals surface area contributed by atoms with Gasteiger partial charge in [0.2, 0.25) is 5.91 Å². The number of carbonyl (C=O) groups excluding carboxylic acids is 1. The summed E-state index contributed by atoms with van der Waals surface area (Å²) in [6.07, 6.45) is 0.248. The van der Waals surface area contributed by atoms with Crippen LogP contribution >= 0.6 is 23.2 Å². The SMILES string of the molecule is COc1cc2c(cc1OC)C(c1cccc(Cl)c1Cl)N(c1ccc(C)cc1)C(=O)C2. The predicted octanol–water partition coefficient (Wildman–Crippen LogP) is 6.00.